The third-order valence-corrected chi connectivity index (χ3v) is 5.29. The van der Waals surface area contributed by atoms with Crippen molar-refractivity contribution >= 4 is 20.3 Å². The fraction of sp³-hybridized carbons (Fsp3) is 0.263. The maximum atomic E-state index is 12.4. The van der Waals surface area contributed by atoms with Gasteiger partial charge in [0, 0.05) is 13.6 Å². The van der Waals surface area contributed by atoms with E-state index < -0.39 is 8.07 Å². The van der Waals surface area contributed by atoms with E-state index in [0.717, 1.165) is 23.5 Å². The number of hydrogen-bond donors (Lipinski definition) is 0. The highest BCUT2D eigenvalue weighted by Gasteiger charge is 2.17. The van der Waals surface area contributed by atoms with Crippen molar-refractivity contribution in [1.29, 1.82) is 0 Å². The van der Waals surface area contributed by atoms with Gasteiger partial charge in [0.2, 0.25) is 0 Å². The zero-order chi connectivity index (χ0) is 16.9. The lowest BCUT2D eigenvalue weighted by Crippen LogP contribution is -2.22. The predicted molar refractivity (Wildman–Crippen MR) is 95.7 cm³/mol. The molecule has 0 atom stereocenters. The second-order valence-electron chi connectivity index (χ2n) is 6.73. The Bertz CT molecular complexity index is 685. The van der Waals surface area contributed by atoms with E-state index in [-0.39, 0.29) is 5.97 Å². The van der Waals surface area contributed by atoms with E-state index in [0.29, 0.717) is 17.7 Å². The number of carbonyl (C=O) groups is 2. The molecule has 2 aromatic rings. The Hall–Kier alpha value is -2.20. The molecular formula is C19H22O3Si. The second kappa shape index (κ2) is 7.37. The van der Waals surface area contributed by atoms with Crippen molar-refractivity contribution in [2.75, 3.05) is 6.61 Å². The van der Waals surface area contributed by atoms with Gasteiger partial charge in [-0.1, -0.05) is 62.1 Å². The van der Waals surface area contributed by atoms with Gasteiger partial charge in [-0.15, -0.1) is 0 Å². The van der Waals surface area contributed by atoms with E-state index in [9.17, 15) is 9.59 Å². The average molecular weight is 326 g/mol. The van der Waals surface area contributed by atoms with Gasteiger partial charge in [0.25, 0.3) is 0 Å². The Kier molecular flexibility index (Phi) is 5.50. The number of aldehydes is 1. The van der Waals surface area contributed by atoms with Gasteiger partial charge in [-0.3, -0.25) is 4.79 Å². The molecule has 0 aliphatic rings. The molecule has 0 aliphatic carbocycles. The summed E-state index contributed by atoms with van der Waals surface area (Å²) >= 11 is 0. The molecule has 0 heterocycles. The van der Waals surface area contributed by atoms with Crippen molar-refractivity contribution in [3.05, 3.63) is 59.7 Å². The number of hydrogen-bond acceptors (Lipinski definition) is 3. The van der Waals surface area contributed by atoms with Crippen LogP contribution >= 0.6 is 0 Å². The minimum atomic E-state index is -1.22. The van der Waals surface area contributed by atoms with Crippen molar-refractivity contribution < 1.29 is 14.3 Å². The molecule has 0 saturated heterocycles. The first kappa shape index (κ1) is 17.2. The number of ether oxygens (including phenoxy) is 1. The van der Waals surface area contributed by atoms with Crippen molar-refractivity contribution in [3.63, 3.8) is 0 Å². The summed E-state index contributed by atoms with van der Waals surface area (Å²) < 4.78 is 5.45. The summed E-state index contributed by atoms with van der Waals surface area (Å²) in [6.45, 7) is 7.23. The number of esters is 1. The molecule has 0 amide bonds. The van der Waals surface area contributed by atoms with Crippen molar-refractivity contribution in [2.45, 2.75) is 25.7 Å². The first-order valence-corrected chi connectivity index (χ1v) is 11.4. The molecule has 0 N–H and O–H groups in total. The Morgan fingerprint density at radius 3 is 2.30 bits per heavy atom. The monoisotopic (exact) mass is 326 g/mol. The lowest BCUT2D eigenvalue weighted by molar-refractivity contribution is 0.0526. The molecule has 120 valence electrons. The molecule has 23 heavy (non-hydrogen) atoms. The van der Waals surface area contributed by atoms with Crippen LogP contribution in [-0.4, -0.2) is 26.9 Å². The van der Waals surface area contributed by atoms with Gasteiger partial charge in [0.15, 0.2) is 0 Å². The topological polar surface area (TPSA) is 43.4 Å². The van der Waals surface area contributed by atoms with Crippen LogP contribution in [0.4, 0.5) is 0 Å². The lowest BCUT2D eigenvalue weighted by Gasteiger charge is -2.16. The molecular weight excluding hydrogens is 304 g/mol. The van der Waals surface area contributed by atoms with Crippen LogP contribution in [0.2, 0.25) is 25.7 Å². The summed E-state index contributed by atoms with van der Waals surface area (Å²) in [5.74, 6) is -0.293. The van der Waals surface area contributed by atoms with Gasteiger partial charge in [0.05, 0.1) is 12.2 Å². The van der Waals surface area contributed by atoms with Crippen LogP contribution in [-0.2, 0) is 4.74 Å². The maximum absolute atomic E-state index is 12.4. The molecule has 0 radical (unpaired) electrons. The van der Waals surface area contributed by atoms with Gasteiger partial charge < -0.3 is 4.74 Å². The van der Waals surface area contributed by atoms with E-state index in [4.69, 9.17) is 4.74 Å². The standard InChI is InChI=1S/C19H22O3Si/c1-23(2,3)13-12-22-19(21)18-7-5-4-6-17(18)16-10-8-15(14-20)9-11-16/h4-11,14H,12-13H2,1-3H3. The Labute approximate surface area is 138 Å². The molecule has 0 unspecified atom stereocenters. The summed E-state index contributed by atoms with van der Waals surface area (Å²) in [4.78, 5) is 23.1. The molecule has 0 bridgehead atoms. The highest BCUT2D eigenvalue weighted by molar-refractivity contribution is 6.76. The third kappa shape index (κ3) is 4.89. The van der Waals surface area contributed by atoms with Crippen LogP contribution in [0.25, 0.3) is 11.1 Å². The Balaban J connectivity index is 2.19. The molecule has 0 fully saturated rings. The highest BCUT2D eigenvalue weighted by atomic mass is 28.3. The number of carbonyl (C=O) groups excluding carboxylic acids is 2. The Morgan fingerprint density at radius 2 is 1.70 bits per heavy atom. The van der Waals surface area contributed by atoms with Gasteiger partial charge in [-0.05, 0) is 23.2 Å². The first-order valence-electron chi connectivity index (χ1n) is 7.72. The van der Waals surface area contributed by atoms with E-state index in [1.54, 1.807) is 18.2 Å². The van der Waals surface area contributed by atoms with Crippen LogP contribution < -0.4 is 0 Å². The van der Waals surface area contributed by atoms with Crippen LogP contribution in [0.5, 0.6) is 0 Å². The quantitative estimate of drug-likeness (QED) is 0.440. The van der Waals surface area contributed by atoms with Crippen LogP contribution in [0, 0.1) is 0 Å². The largest absolute Gasteiger partial charge is 0.462 e. The maximum Gasteiger partial charge on any atom is 0.338 e. The third-order valence-electron chi connectivity index (χ3n) is 3.59. The second-order valence-corrected chi connectivity index (χ2v) is 12.4. The van der Waals surface area contributed by atoms with Crippen LogP contribution in [0.1, 0.15) is 20.7 Å². The van der Waals surface area contributed by atoms with Gasteiger partial charge in [-0.25, -0.2) is 4.79 Å². The summed E-state index contributed by atoms with van der Waals surface area (Å²) in [7, 11) is -1.22. The zero-order valence-corrected chi connectivity index (χ0v) is 14.8. The molecule has 0 saturated carbocycles. The number of benzene rings is 2. The molecule has 0 spiro atoms. The SMILES string of the molecule is C[Si](C)(C)CCOC(=O)c1ccccc1-c1ccc(C=O)cc1. The molecule has 3 nitrogen and oxygen atoms in total. The lowest BCUT2D eigenvalue weighted by atomic mass is 9.99. The minimum absolute atomic E-state index is 0.293. The normalized spacial score (nSPS) is 11.1. The van der Waals surface area contributed by atoms with Crippen molar-refractivity contribution in [3.8, 4) is 11.1 Å². The van der Waals surface area contributed by atoms with E-state index >= 15 is 0 Å². The smallest absolute Gasteiger partial charge is 0.338 e. The Morgan fingerprint density at radius 1 is 1.04 bits per heavy atom. The van der Waals surface area contributed by atoms with Crippen molar-refractivity contribution in [2.24, 2.45) is 0 Å². The van der Waals surface area contributed by atoms with Crippen LogP contribution in [0.15, 0.2) is 48.5 Å². The average Bonchev–Trinajstić information content (AvgIpc) is 2.53. The molecule has 2 rings (SSSR count). The molecule has 0 aliphatic heterocycles. The fourth-order valence-corrected chi connectivity index (χ4v) is 2.90. The van der Waals surface area contributed by atoms with Gasteiger partial charge in [-0.2, -0.15) is 0 Å². The van der Waals surface area contributed by atoms with E-state index in [2.05, 4.69) is 19.6 Å². The van der Waals surface area contributed by atoms with Crippen LogP contribution in [0.3, 0.4) is 0 Å². The van der Waals surface area contributed by atoms with E-state index in [1.807, 2.05) is 30.3 Å². The molecule has 2 aromatic carbocycles. The summed E-state index contributed by atoms with van der Waals surface area (Å²) in [6, 6.07) is 15.5. The summed E-state index contributed by atoms with van der Waals surface area (Å²) in [5.41, 5.74) is 2.89. The minimum Gasteiger partial charge on any atom is -0.462 e. The summed E-state index contributed by atoms with van der Waals surface area (Å²) in [6.07, 6.45) is 0.806. The molecule has 0 aromatic heterocycles. The fourth-order valence-electron chi connectivity index (χ4n) is 2.18. The highest BCUT2D eigenvalue weighted by Crippen LogP contribution is 2.24. The van der Waals surface area contributed by atoms with E-state index in [1.165, 1.54) is 0 Å². The summed E-state index contributed by atoms with van der Waals surface area (Å²) in [5, 5.41) is 0. The number of rotatable bonds is 6. The van der Waals surface area contributed by atoms with Crippen molar-refractivity contribution in [1.82, 2.24) is 0 Å². The van der Waals surface area contributed by atoms with Gasteiger partial charge >= 0.3 is 5.97 Å². The zero-order valence-electron chi connectivity index (χ0n) is 13.8. The first-order chi connectivity index (χ1) is 10.9. The predicted octanol–water partition coefficient (Wildman–Crippen LogP) is 4.66. The molecule has 4 heteroatoms. The van der Waals surface area contributed by atoms with Gasteiger partial charge in [0.1, 0.15) is 6.29 Å².